The lowest BCUT2D eigenvalue weighted by Gasteiger charge is -2.35. The highest BCUT2D eigenvalue weighted by molar-refractivity contribution is 5.52. The Morgan fingerprint density at radius 3 is 3.10 bits per heavy atom. The third-order valence-electron chi connectivity index (χ3n) is 4.17. The van der Waals surface area contributed by atoms with Gasteiger partial charge in [0.1, 0.15) is 0 Å². The van der Waals surface area contributed by atoms with Crippen LogP contribution in [0.4, 0.5) is 5.69 Å². The van der Waals surface area contributed by atoms with E-state index < -0.39 is 0 Å². The van der Waals surface area contributed by atoms with E-state index in [2.05, 4.69) is 28.2 Å². The minimum atomic E-state index is 0.373. The van der Waals surface area contributed by atoms with Gasteiger partial charge >= 0.3 is 0 Å². The molecule has 1 aliphatic heterocycles. The first-order valence-corrected chi connectivity index (χ1v) is 7.89. The summed E-state index contributed by atoms with van der Waals surface area (Å²) in [7, 11) is 0. The first-order chi connectivity index (χ1) is 9.86. The molecule has 110 valence electrons. The zero-order valence-corrected chi connectivity index (χ0v) is 12.3. The van der Waals surface area contributed by atoms with Crippen LogP contribution in [-0.4, -0.2) is 36.8 Å². The fraction of sp³-hybridized carbons (Fsp3) is 0.688. The highest BCUT2D eigenvalue weighted by Gasteiger charge is 2.24. The average molecular weight is 275 g/mol. The maximum Gasteiger partial charge on any atom is 0.0750 e. The molecule has 1 saturated carbocycles. The fourth-order valence-electron chi connectivity index (χ4n) is 2.92. The standard InChI is InChI=1S/C16H25N3O/c1-2-20-15-4-3-9-19(12-15)16-11-17-8-7-13(16)10-18-14-5-6-14/h7-8,11,14-15,18H,2-6,9-10,12H2,1H3. The number of hydrogen-bond acceptors (Lipinski definition) is 4. The van der Waals surface area contributed by atoms with Gasteiger partial charge in [-0.1, -0.05) is 0 Å². The van der Waals surface area contributed by atoms with Gasteiger partial charge in [-0.2, -0.15) is 0 Å². The summed E-state index contributed by atoms with van der Waals surface area (Å²) in [5.74, 6) is 0. The van der Waals surface area contributed by atoms with Crippen molar-refractivity contribution < 1.29 is 4.74 Å². The van der Waals surface area contributed by atoms with Crippen LogP contribution in [-0.2, 0) is 11.3 Å². The minimum absolute atomic E-state index is 0.373. The number of aromatic nitrogens is 1. The van der Waals surface area contributed by atoms with E-state index >= 15 is 0 Å². The lowest BCUT2D eigenvalue weighted by Crippen LogP contribution is -2.40. The van der Waals surface area contributed by atoms with Gasteiger partial charge in [-0.25, -0.2) is 0 Å². The number of rotatable bonds is 6. The number of nitrogens with zero attached hydrogens (tertiary/aromatic N) is 2. The average Bonchev–Trinajstić information content (AvgIpc) is 3.30. The summed E-state index contributed by atoms with van der Waals surface area (Å²) in [6.07, 6.45) is 9.33. The van der Waals surface area contributed by atoms with Gasteiger partial charge < -0.3 is 15.0 Å². The molecule has 0 spiro atoms. The van der Waals surface area contributed by atoms with Crippen LogP contribution in [0.2, 0.25) is 0 Å². The van der Waals surface area contributed by atoms with Crippen LogP contribution in [0.3, 0.4) is 0 Å². The Morgan fingerprint density at radius 2 is 2.30 bits per heavy atom. The molecule has 0 bridgehead atoms. The van der Waals surface area contributed by atoms with E-state index in [9.17, 15) is 0 Å². The number of hydrogen-bond donors (Lipinski definition) is 1. The first-order valence-electron chi connectivity index (χ1n) is 7.89. The molecule has 0 amide bonds. The molecule has 2 fully saturated rings. The van der Waals surface area contributed by atoms with Crippen LogP contribution in [0.15, 0.2) is 18.5 Å². The molecule has 1 aliphatic carbocycles. The van der Waals surface area contributed by atoms with Gasteiger partial charge in [-0.15, -0.1) is 0 Å². The van der Waals surface area contributed by atoms with E-state index in [0.717, 1.165) is 32.3 Å². The second-order valence-corrected chi connectivity index (χ2v) is 5.83. The van der Waals surface area contributed by atoms with Crippen molar-refractivity contribution in [2.75, 3.05) is 24.6 Å². The highest BCUT2D eigenvalue weighted by Crippen LogP contribution is 2.26. The van der Waals surface area contributed by atoms with Crippen molar-refractivity contribution in [2.24, 2.45) is 0 Å². The van der Waals surface area contributed by atoms with Crippen LogP contribution in [0, 0.1) is 0 Å². The number of pyridine rings is 1. The molecule has 4 heteroatoms. The third kappa shape index (κ3) is 3.49. The Labute approximate surface area is 121 Å². The van der Waals surface area contributed by atoms with Crippen LogP contribution in [0.5, 0.6) is 0 Å². The summed E-state index contributed by atoms with van der Waals surface area (Å²) in [5.41, 5.74) is 2.65. The van der Waals surface area contributed by atoms with E-state index in [1.807, 2.05) is 12.4 Å². The molecular formula is C16H25N3O. The van der Waals surface area contributed by atoms with Crippen molar-refractivity contribution in [3.8, 4) is 0 Å². The molecule has 2 aliphatic rings. The van der Waals surface area contributed by atoms with E-state index in [4.69, 9.17) is 4.74 Å². The lowest BCUT2D eigenvalue weighted by molar-refractivity contribution is 0.0526. The Balaban J connectivity index is 1.67. The molecule has 2 heterocycles. The molecule has 1 atom stereocenters. The molecular weight excluding hydrogens is 250 g/mol. The van der Waals surface area contributed by atoms with Crippen molar-refractivity contribution in [2.45, 2.75) is 51.3 Å². The lowest BCUT2D eigenvalue weighted by atomic mass is 10.1. The van der Waals surface area contributed by atoms with Gasteiger partial charge in [-0.05, 0) is 44.2 Å². The molecule has 0 radical (unpaired) electrons. The number of ether oxygens (including phenoxy) is 1. The molecule has 4 nitrogen and oxygen atoms in total. The van der Waals surface area contributed by atoms with E-state index in [1.165, 1.54) is 36.9 Å². The maximum atomic E-state index is 5.80. The van der Waals surface area contributed by atoms with Crippen LogP contribution in [0.1, 0.15) is 38.2 Å². The molecule has 20 heavy (non-hydrogen) atoms. The van der Waals surface area contributed by atoms with Crippen LogP contribution < -0.4 is 10.2 Å². The van der Waals surface area contributed by atoms with Crippen molar-refractivity contribution in [3.05, 3.63) is 24.0 Å². The molecule has 1 unspecified atom stereocenters. The predicted octanol–water partition coefficient (Wildman–Crippen LogP) is 2.34. The zero-order chi connectivity index (χ0) is 13.8. The minimum Gasteiger partial charge on any atom is -0.377 e. The normalized spacial score (nSPS) is 23.1. The second kappa shape index (κ2) is 6.55. The van der Waals surface area contributed by atoms with Crippen molar-refractivity contribution in [3.63, 3.8) is 0 Å². The first kappa shape index (κ1) is 13.8. The fourth-order valence-corrected chi connectivity index (χ4v) is 2.92. The third-order valence-corrected chi connectivity index (χ3v) is 4.17. The SMILES string of the molecule is CCOC1CCCN(c2cnccc2CNC2CC2)C1. The second-order valence-electron chi connectivity index (χ2n) is 5.83. The molecule has 1 aromatic rings. The Morgan fingerprint density at radius 1 is 1.40 bits per heavy atom. The van der Waals surface area contributed by atoms with E-state index in [1.54, 1.807) is 0 Å². The van der Waals surface area contributed by atoms with Crippen molar-refractivity contribution in [1.29, 1.82) is 0 Å². The van der Waals surface area contributed by atoms with Gasteiger partial charge in [-0.3, -0.25) is 4.98 Å². The Kier molecular flexibility index (Phi) is 4.53. The topological polar surface area (TPSA) is 37.4 Å². The quantitative estimate of drug-likeness (QED) is 0.864. The molecule has 3 rings (SSSR count). The van der Waals surface area contributed by atoms with Gasteiger partial charge in [0.25, 0.3) is 0 Å². The maximum absolute atomic E-state index is 5.80. The smallest absolute Gasteiger partial charge is 0.0750 e. The number of anilines is 1. The van der Waals surface area contributed by atoms with Gasteiger partial charge in [0.2, 0.25) is 0 Å². The zero-order valence-electron chi connectivity index (χ0n) is 12.3. The highest BCUT2D eigenvalue weighted by atomic mass is 16.5. The molecule has 0 aromatic carbocycles. The van der Waals surface area contributed by atoms with Crippen molar-refractivity contribution in [1.82, 2.24) is 10.3 Å². The summed E-state index contributed by atoms with van der Waals surface area (Å²) in [4.78, 5) is 6.77. The van der Waals surface area contributed by atoms with E-state index in [0.29, 0.717) is 6.10 Å². The Bertz CT molecular complexity index is 431. The van der Waals surface area contributed by atoms with E-state index in [-0.39, 0.29) is 0 Å². The van der Waals surface area contributed by atoms with Gasteiger partial charge in [0.15, 0.2) is 0 Å². The monoisotopic (exact) mass is 275 g/mol. The summed E-state index contributed by atoms with van der Waals surface area (Å²) >= 11 is 0. The van der Waals surface area contributed by atoms with Crippen LogP contribution in [0.25, 0.3) is 0 Å². The predicted molar refractivity (Wildman–Crippen MR) is 81.0 cm³/mol. The molecule has 1 aromatic heterocycles. The number of piperidine rings is 1. The van der Waals surface area contributed by atoms with Gasteiger partial charge in [0, 0.05) is 38.5 Å². The summed E-state index contributed by atoms with van der Waals surface area (Å²) in [6, 6.07) is 2.89. The van der Waals surface area contributed by atoms with Gasteiger partial charge in [0.05, 0.1) is 18.0 Å². The molecule has 1 N–H and O–H groups in total. The van der Waals surface area contributed by atoms with Crippen LogP contribution >= 0.6 is 0 Å². The van der Waals surface area contributed by atoms with Crippen molar-refractivity contribution >= 4 is 5.69 Å². The number of nitrogens with one attached hydrogen (secondary N) is 1. The Hall–Kier alpha value is -1.13. The largest absolute Gasteiger partial charge is 0.377 e. The summed E-state index contributed by atoms with van der Waals surface area (Å²) in [6.45, 7) is 5.95. The molecule has 1 saturated heterocycles. The summed E-state index contributed by atoms with van der Waals surface area (Å²) in [5, 5.41) is 3.60. The summed E-state index contributed by atoms with van der Waals surface area (Å²) < 4.78 is 5.80.